The molecule has 692 valence electrons. The van der Waals surface area contributed by atoms with Gasteiger partial charge < -0.3 is 93.5 Å². The van der Waals surface area contributed by atoms with E-state index in [4.69, 9.17) is 5.73 Å². The molecule has 1 aliphatic heterocycles. The van der Waals surface area contributed by atoms with Crippen LogP contribution in [0, 0.1) is 11.8 Å². The number of fused-ring (bicyclic) bond motifs is 2. The third-order valence-electron chi connectivity index (χ3n) is 22.1. The van der Waals surface area contributed by atoms with Gasteiger partial charge in [0, 0.05) is 89.6 Å². The standard InChI is InChI=1S/C92H115N19O18S/c1-10-11-31-73-90(127)108(7)51-78(116)98-70(47-80(118)119)87(124)103-81(55(4)5)92(129)110(9)74(44-57-25-17-13-18-26-57)88(125)101-71(43-60-34-38-63(113)39-35-60)89(126)107(6)50-77(115)97-69(46-61-48-94-65-30-22-21-29-64(61)65)86(123)100-68(42-59-32-36-62(112)37-33-59)85(122)99-67(40-54(2)3)84(121)102-72(83(120)95-49-76(93)114)52-130-53-79(117)96-66(41-56-23-15-12-16-24-56)82-104-105-106-111(82)75(91(128)109(73)8)45-58-27-19-14-20-28-58/h12-30,32-39,48,54-55,66-75,81,94,112-113H,10-11,31,40-47,49-53H2,1-9H3,(H2,93,114)(H,95,120)(H,96,117)(H,97,115)(H,98,116)(H,99,122)(H,100,123)(H,101,125)(H,102,121)(H,103,124)(H,118,119)/t66?,67-,68-,69?,70-,71-,72-,73-,74-,75-,81-/m0/s1. The highest BCUT2D eigenvalue weighted by atomic mass is 32.2. The van der Waals surface area contributed by atoms with E-state index in [-0.39, 0.29) is 80.4 Å². The van der Waals surface area contributed by atoms with Crippen LogP contribution in [0.3, 0.4) is 0 Å². The summed E-state index contributed by atoms with van der Waals surface area (Å²) in [5, 5.41) is 68.8. The second kappa shape index (κ2) is 48.2. The number of aromatic amines is 1. The molecule has 2 unspecified atom stereocenters. The van der Waals surface area contributed by atoms with Crippen molar-refractivity contribution in [1.82, 2.24) is 92.6 Å². The molecule has 0 aliphatic carbocycles. The zero-order chi connectivity index (χ0) is 94.4. The number of carboxylic acids is 1. The van der Waals surface area contributed by atoms with Crippen LogP contribution in [0.1, 0.15) is 118 Å². The Balaban J connectivity index is 1.12. The highest BCUT2D eigenvalue weighted by molar-refractivity contribution is 8.00. The average molecular weight is 1810 g/mol. The number of thioether (sulfide) groups is 1. The molecule has 0 saturated carbocycles. The number of hydrogen-bond donors (Lipinski definition) is 14. The molecule has 6 aromatic carbocycles. The Kier molecular flexibility index (Phi) is 37.0. The summed E-state index contributed by atoms with van der Waals surface area (Å²) >= 11 is 0.877. The molecule has 15 N–H and O–H groups in total. The molecule has 38 heteroatoms. The van der Waals surface area contributed by atoms with Gasteiger partial charge in [0.15, 0.2) is 5.82 Å². The van der Waals surface area contributed by atoms with Crippen LogP contribution in [-0.2, 0) is 110 Å². The van der Waals surface area contributed by atoms with E-state index in [1.165, 1.54) is 86.3 Å². The topological polar surface area (TPSA) is 523 Å². The lowest BCUT2D eigenvalue weighted by molar-refractivity contribution is -0.147. The average Bonchev–Trinajstić information content (AvgIpc) is 1.59. The smallest absolute Gasteiger partial charge is 0.305 e. The molecule has 14 amide bonds. The van der Waals surface area contributed by atoms with Crippen molar-refractivity contribution in [2.45, 2.75) is 172 Å². The number of nitrogens with zero attached hydrogens (tertiary/aromatic N) is 8. The summed E-state index contributed by atoms with van der Waals surface area (Å²) < 4.78 is 1.25. The number of likely N-dealkylation sites (N-methyl/N-ethyl adjacent to an activating group) is 4. The first-order valence-corrected chi connectivity index (χ1v) is 44.0. The number of carbonyl (C=O) groups is 15. The first kappa shape index (κ1) is 99.7. The Hall–Kier alpha value is -14.1. The highest BCUT2D eigenvalue weighted by Gasteiger charge is 2.42. The van der Waals surface area contributed by atoms with Gasteiger partial charge in [-0.1, -0.05) is 181 Å². The first-order chi connectivity index (χ1) is 62.0. The van der Waals surface area contributed by atoms with Crippen LogP contribution in [0.15, 0.2) is 170 Å². The van der Waals surface area contributed by atoms with Crippen molar-refractivity contribution >= 4 is 111 Å². The zero-order valence-electron chi connectivity index (χ0n) is 74.0. The molecule has 2 aromatic heterocycles. The molecule has 0 saturated heterocycles. The second-order valence-electron chi connectivity index (χ2n) is 33.1. The Morgan fingerprint density at radius 3 is 1.54 bits per heavy atom. The van der Waals surface area contributed by atoms with E-state index in [0.717, 1.165) is 26.5 Å². The molecule has 9 rings (SSSR count). The number of unbranched alkanes of at least 4 members (excludes halogenated alkanes) is 1. The van der Waals surface area contributed by atoms with Gasteiger partial charge in [-0.15, -0.1) is 16.9 Å². The number of primary amides is 1. The van der Waals surface area contributed by atoms with Crippen LogP contribution in [0.5, 0.6) is 11.5 Å². The molecule has 130 heavy (non-hydrogen) atoms. The number of aromatic nitrogens is 5. The van der Waals surface area contributed by atoms with Crippen LogP contribution in [-0.4, -0.2) is 262 Å². The molecular weight excluding hydrogens is 1690 g/mol. The molecule has 11 atom stereocenters. The summed E-state index contributed by atoms with van der Waals surface area (Å²) in [5.41, 5.74) is 9.28. The zero-order valence-corrected chi connectivity index (χ0v) is 74.8. The lowest BCUT2D eigenvalue weighted by Gasteiger charge is -2.34. The van der Waals surface area contributed by atoms with Gasteiger partial charge in [-0.2, -0.15) is 0 Å². The van der Waals surface area contributed by atoms with Gasteiger partial charge >= 0.3 is 5.97 Å². The number of tetrazole rings is 1. The number of nitrogens with one attached hydrogen (secondary N) is 10. The summed E-state index contributed by atoms with van der Waals surface area (Å²) in [6.07, 6.45) is 0.367. The summed E-state index contributed by atoms with van der Waals surface area (Å²) in [7, 11) is 5.23. The predicted molar refractivity (Wildman–Crippen MR) is 481 cm³/mol. The third-order valence-corrected chi connectivity index (χ3v) is 23.1. The maximum Gasteiger partial charge on any atom is 0.305 e. The quantitative estimate of drug-likeness (QED) is 0.0437. The van der Waals surface area contributed by atoms with Crippen molar-refractivity contribution < 1.29 is 87.2 Å². The van der Waals surface area contributed by atoms with Crippen molar-refractivity contribution in [3.63, 3.8) is 0 Å². The number of benzene rings is 6. The van der Waals surface area contributed by atoms with Crippen molar-refractivity contribution in [1.29, 1.82) is 0 Å². The molecule has 37 nitrogen and oxygen atoms in total. The number of rotatable bonds is 23. The number of H-pyrrole nitrogens is 1. The van der Waals surface area contributed by atoms with Crippen LogP contribution in [0.4, 0.5) is 0 Å². The van der Waals surface area contributed by atoms with Gasteiger partial charge in [-0.05, 0) is 98.8 Å². The molecule has 0 radical (unpaired) electrons. The molecule has 3 heterocycles. The number of hydrogen-bond acceptors (Lipinski definition) is 21. The molecule has 0 fully saturated rings. The van der Waals surface area contributed by atoms with Crippen LogP contribution >= 0.6 is 11.8 Å². The van der Waals surface area contributed by atoms with Gasteiger partial charge in [0.05, 0.1) is 37.8 Å². The number of aliphatic carboxylic acids is 1. The van der Waals surface area contributed by atoms with Gasteiger partial charge in [-0.25, -0.2) is 4.68 Å². The van der Waals surface area contributed by atoms with Crippen LogP contribution < -0.4 is 53.6 Å². The Labute approximate surface area is 756 Å². The van der Waals surface area contributed by atoms with E-state index >= 15 is 38.4 Å². The summed E-state index contributed by atoms with van der Waals surface area (Å²) in [6, 6.07) is 28.1. The molecule has 1 aliphatic rings. The molecular formula is C92H115N19O18S. The van der Waals surface area contributed by atoms with E-state index < -0.39 is 193 Å². The minimum Gasteiger partial charge on any atom is -0.508 e. The Bertz CT molecular complexity index is 5260. The van der Waals surface area contributed by atoms with Crippen LogP contribution in [0.2, 0.25) is 0 Å². The minimum atomic E-state index is -1.90. The predicted octanol–water partition coefficient (Wildman–Crippen LogP) is 2.40. The fourth-order valence-corrected chi connectivity index (χ4v) is 16.0. The lowest BCUT2D eigenvalue weighted by atomic mass is 9.98. The second-order valence-corrected chi connectivity index (χ2v) is 34.1. The number of carbonyl (C=O) groups excluding carboxylic acids is 14. The SMILES string of the molecule is CCCC[C@H]1C(=O)N(C)CC(=O)N[C@@H](CC(=O)O)C(=O)N[C@@H](C(C)C)C(=O)N(C)[C@@H](Cc2ccccc2)C(=O)N[C@@H](Cc2ccc(O)cc2)C(=O)N(C)CC(=O)NC(Cc2c[nH]c3ccccc23)C(=O)N[C@@H](Cc2ccc(O)cc2)C(=O)N[C@@H](CC(C)C)C(=O)N[C@H](C(=O)NCC(N)=O)CSCC(=O)NC(Cc2ccccc2)c2nnnn2[C@@H](Cc2ccccc2)C(=O)N1C. The fraction of sp³-hybridized carbons (Fsp3) is 0.413. The van der Waals surface area contributed by atoms with E-state index in [0.29, 0.717) is 57.1 Å². The summed E-state index contributed by atoms with van der Waals surface area (Å²) in [5.74, 6) is -16.3. The number of amides is 14. The van der Waals surface area contributed by atoms with E-state index in [9.17, 15) is 48.9 Å². The lowest BCUT2D eigenvalue weighted by Crippen LogP contribution is -2.61. The monoisotopic (exact) mass is 1810 g/mol. The maximum absolute atomic E-state index is 15.7. The third kappa shape index (κ3) is 29.2. The van der Waals surface area contributed by atoms with Crippen molar-refractivity contribution in [3.05, 3.63) is 209 Å². The minimum absolute atomic E-state index is 0.0172. The Morgan fingerprint density at radius 1 is 0.500 bits per heavy atom. The maximum atomic E-state index is 15.7. The van der Waals surface area contributed by atoms with Gasteiger partial charge in [0.25, 0.3) is 0 Å². The number of carboxylic acid groups (broad SMARTS) is 1. The number of phenolic OH excluding ortho intramolecular Hbond substituents is 2. The van der Waals surface area contributed by atoms with E-state index in [1.54, 1.807) is 149 Å². The highest BCUT2D eigenvalue weighted by Crippen LogP contribution is 2.28. The number of nitrogens with two attached hydrogens (primary N) is 1. The van der Waals surface area contributed by atoms with Gasteiger partial charge in [0.1, 0.15) is 71.9 Å². The number of phenols is 2. The normalized spacial score (nSPS) is 21.6. The Morgan fingerprint density at radius 2 is 0.977 bits per heavy atom. The van der Waals surface area contributed by atoms with Gasteiger partial charge in [-0.3, -0.25) is 71.9 Å². The molecule has 0 spiro atoms. The van der Waals surface area contributed by atoms with Crippen molar-refractivity contribution in [3.8, 4) is 11.5 Å². The largest absolute Gasteiger partial charge is 0.508 e. The van der Waals surface area contributed by atoms with Crippen molar-refractivity contribution in [2.24, 2.45) is 17.6 Å². The molecule has 0 bridgehead atoms. The first-order valence-electron chi connectivity index (χ1n) is 42.8. The summed E-state index contributed by atoms with van der Waals surface area (Å²) in [6.45, 7) is 6.25. The fourth-order valence-electron chi connectivity index (χ4n) is 15.1. The van der Waals surface area contributed by atoms with Crippen LogP contribution in [0.25, 0.3) is 10.9 Å². The molecule has 8 aromatic rings. The van der Waals surface area contributed by atoms with Crippen molar-refractivity contribution in [2.75, 3.05) is 59.3 Å². The summed E-state index contributed by atoms with van der Waals surface area (Å²) in [4.78, 5) is 228. The number of aromatic hydroxyl groups is 2. The van der Waals surface area contributed by atoms with E-state index in [1.807, 2.05) is 6.92 Å². The van der Waals surface area contributed by atoms with E-state index in [2.05, 4.69) is 68.4 Å². The number of para-hydroxylation sites is 1. The van der Waals surface area contributed by atoms with Gasteiger partial charge in [0.2, 0.25) is 82.7 Å².